The molecule has 0 bridgehead atoms. The number of methoxy groups -OCH3 is 1. The van der Waals surface area contributed by atoms with Gasteiger partial charge in [-0.1, -0.05) is 24.3 Å². The molecule has 2 aromatic rings. The van der Waals surface area contributed by atoms with E-state index in [1.54, 1.807) is 11.8 Å². The number of benzene rings is 1. The summed E-state index contributed by atoms with van der Waals surface area (Å²) in [5.74, 6) is 0. The average molecular weight is 191 g/mol. The van der Waals surface area contributed by atoms with Gasteiger partial charge in [0.2, 0.25) is 0 Å². The number of nitrogens with zero attached hydrogens (tertiary/aromatic N) is 1. The van der Waals surface area contributed by atoms with E-state index in [0.29, 0.717) is 13.2 Å². The quantitative estimate of drug-likeness (QED) is 0.687. The van der Waals surface area contributed by atoms with E-state index < -0.39 is 0 Å². The first-order chi connectivity index (χ1) is 6.90. The maximum atomic E-state index is 5.42. The first-order valence-corrected chi connectivity index (χ1v) is 4.59. The highest BCUT2D eigenvalue weighted by Gasteiger charge is 1.96. The number of ether oxygens (including phenoxy) is 1. The molecule has 0 unspecified atom stereocenters. The van der Waals surface area contributed by atoms with E-state index in [1.165, 1.54) is 10.8 Å². The van der Waals surface area contributed by atoms with Crippen LogP contribution in [0.25, 0.3) is 10.8 Å². The van der Waals surface area contributed by atoms with Gasteiger partial charge >= 0.3 is 0 Å². The Labute approximate surface area is 82.8 Å². The van der Waals surface area contributed by atoms with Crippen LogP contribution in [-0.2, 0) is 4.74 Å². The maximum absolute atomic E-state index is 5.42. The number of aromatic nitrogens is 1. The molecule has 1 aromatic heterocycles. The third kappa shape index (κ3) is 1.88. The Balaban J connectivity index is 2.11. The van der Waals surface area contributed by atoms with Gasteiger partial charge in [-0.15, -0.1) is 0 Å². The molecule has 0 aliphatic carbocycles. The van der Waals surface area contributed by atoms with Crippen molar-refractivity contribution in [2.24, 2.45) is 0 Å². The minimum absolute atomic E-state index is 0.567. The molecule has 3 heteroatoms. The van der Waals surface area contributed by atoms with Crippen molar-refractivity contribution in [3.05, 3.63) is 36.7 Å². The summed E-state index contributed by atoms with van der Waals surface area (Å²) in [4.78, 5) is 5.42. The van der Waals surface area contributed by atoms with Gasteiger partial charge in [-0.3, -0.25) is 0 Å². The minimum atomic E-state index is 0.567. The summed E-state index contributed by atoms with van der Waals surface area (Å²) < 4.78 is 6.63. The van der Waals surface area contributed by atoms with Gasteiger partial charge in [0.25, 0.3) is 0 Å². The summed E-state index contributed by atoms with van der Waals surface area (Å²) in [5.41, 5.74) is 0. The Morgan fingerprint density at radius 1 is 1.07 bits per heavy atom. The summed E-state index contributed by atoms with van der Waals surface area (Å²) in [7, 11) is 1.66. The van der Waals surface area contributed by atoms with Gasteiger partial charge in [-0.2, -0.15) is 4.73 Å². The van der Waals surface area contributed by atoms with Crippen molar-refractivity contribution in [3.63, 3.8) is 0 Å². The zero-order chi connectivity index (χ0) is 9.80. The predicted octanol–water partition coefficient (Wildman–Crippen LogP) is 1.72. The Bertz CT molecular complexity index is 375. The largest absolute Gasteiger partial charge is 0.412 e. The van der Waals surface area contributed by atoms with Gasteiger partial charge in [0.1, 0.15) is 6.61 Å². The molecule has 0 N–H and O–H groups in total. The van der Waals surface area contributed by atoms with E-state index in [-0.39, 0.29) is 0 Å². The van der Waals surface area contributed by atoms with E-state index in [9.17, 15) is 0 Å². The summed E-state index contributed by atoms with van der Waals surface area (Å²) in [6, 6.07) is 8.15. The van der Waals surface area contributed by atoms with Crippen molar-refractivity contribution >= 4 is 10.8 Å². The third-order valence-electron chi connectivity index (χ3n) is 2.06. The molecule has 0 aliphatic rings. The highest BCUT2D eigenvalue weighted by molar-refractivity contribution is 5.81. The molecule has 74 valence electrons. The van der Waals surface area contributed by atoms with E-state index in [0.717, 1.165) is 0 Å². The lowest BCUT2D eigenvalue weighted by atomic mass is 10.2. The number of fused-ring (bicyclic) bond motifs is 1. The molecule has 0 fully saturated rings. The fourth-order valence-corrected chi connectivity index (χ4v) is 1.36. The van der Waals surface area contributed by atoms with Crippen molar-refractivity contribution in [2.45, 2.75) is 0 Å². The van der Waals surface area contributed by atoms with Crippen LogP contribution in [-0.4, -0.2) is 25.1 Å². The van der Waals surface area contributed by atoms with Gasteiger partial charge in [-0.05, 0) is 0 Å². The lowest BCUT2D eigenvalue weighted by Crippen LogP contribution is -2.14. The topological polar surface area (TPSA) is 23.4 Å². The van der Waals surface area contributed by atoms with Crippen molar-refractivity contribution in [3.8, 4) is 0 Å². The second-order valence-corrected chi connectivity index (χ2v) is 3.07. The summed E-state index contributed by atoms with van der Waals surface area (Å²) in [5, 5.41) is 2.37. The lowest BCUT2D eigenvalue weighted by molar-refractivity contribution is 0.0586. The molecule has 0 spiro atoms. The van der Waals surface area contributed by atoms with Crippen LogP contribution < -0.4 is 4.84 Å². The summed E-state index contributed by atoms with van der Waals surface area (Å²) in [6.45, 7) is 1.17. The highest BCUT2D eigenvalue weighted by Crippen LogP contribution is 2.13. The normalized spacial score (nSPS) is 10.6. The standard InChI is InChI=1S/C11H13NO2/c1-13-6-7-14-12-8-10-4-2-3-5-11(10)9-12/h2-5,8-9H,6-7H2,1H3. The van der Waals surface area contributed by atoms with Crippen LogP contribution in [0.15, 0.2) is 36.7 Å². The molecule has 0 amide bonds. The van der Waals surface area contributed by atoms with Crippen LogP contribution >= 0.6 is 0 Å². The van der Waals surface area contributed by atoms with Crippen molar-refractivity contribution in [1.82, 2.24) is 4.73 Å². The van der Waals surface area contributed by atoms with Crippen LogP contribution in [0, 0.1) is 0 Å². The lowest BCUT2D eigenvalue weighted by Gasteiger charge is -2.04. The first kappa shape index (κ1) is 9.09. The second kappa shape index (κ2) is 4.15. The summed E-state index contributed by atoms with van der Waals surface area (Å²) >= 11 is 0. The molecule has 0 aliphatic heterocycles. The fourth-order valence-electron chi connectivity index (χ4n) is 1.36. The molecule has 3 nitrogen and oxygen atoms in total. The second-order valence-electron chi connectivity index (χ2n) is 3.07. The number of rotatable bonds is 4. The molecule has 0 radical (unpaired) electrons. The highest BCUT2D eigenvalue weighted by atomic mass is 16.7. The Morgan fingerprint density at radius 2 is 1.71 bits per heavy atom. The number of hydrogen-bond donors (Lipinski definition) is 0. The van der Waals surface area contributed by atoms with E-state index in [4.69, 9.17) is 9.57 Å². The van der Waals surface area contributed by atoms with Crippen LogP contribution in [0.1, 0.15) is 0 Å². The Hall–Kier alpha value is -1.48. The third-order valence-corrected chi connectivity index (χ3v) is 2.06. The number of hydrogen-bond acceptors (Lipinski definition) is 2. The molecule has 0 saturated carbocycles. The van der Waals surface area contributed by atoms with Gasteiger partial charge in [0.05, 0.1) is 19.0 Å². The average Bonchev–Trinajstić information content (AvgIpc) is 2.60. The molecule has 0 saturated heterocycles. The molecule has 1 heterocycles. The summed E-state index contributed by atoms with van der Waals surface area (Å²) in [6.07, 6.45) is 3.93. The van der Waals surface area contributed by atoms with Gasteiger partial charge < -0.3 is 9.57 Å². The molecule has 1 aromatic carbocycles. The molecular weight excluding hydrogens is 178 g/mol. The van der Waals surface area contributed by atoms with Crippen LogP contribution in [0.4, 0.5) is 0 Å². The maximum Gasteiger partial charge on any atom is 0.138 e. The van der Waals surface area contributed by atoms with Crippen LogP contribution in [0.3, 0.4) is 0 Å². The molecule has 2 rings (SSSR count). The minimum Gasteiger partial charge on any atom is -0.412 e. The first-order valence-electron chi connectivity index (χ1n) is 4.59. The zero-order valence-corrected chi connectivity index (χ0v) is 8.14. The van der Waals surface area contributed by atoms with Crippen molar-refractivity contribution in [1.29, 1.82) is 0 Å². The smallest absolute Gasteiger partial charge is 0.138 e. The Morgan fingerprint density at radius 3 is 2.29 bits per heavy atom. The van der Waals surface area contributed by atoms with Gasteiger partial charge in [0, 0.05) is 17.9 Å². The molecular formula is C11H13NO2. The van der Waals surface area contributed by atoms with Gasteiger partial charge in [-0.25, -0.2) is 0 Å². The Kier molecular flexibility index (Phi) is 2.70. The van der Waals surface area contributed by atoms with Crippen LogP contribution in [0.2, 0.25) is 0 Å². The molecule has 0 atom stereocenters. The van der Waals surface area contributed by atoms with E-state index in [1.807, 2.05) is 24.5 Å². The van der Waals surface area contributed by atoms with E-state index >= 15 is 0 Å². The van der Waals surface area contributed by atoms with E-state index in [2.05, 4.69) is 12.1 Å². The predicted molar refractivity (Wildman–Crippen MR) is 55.3 cm³/mol. The molecule has 14 heavy (non-hydrogen) atoms. The van der Waals surface area contributed by atoms with Crippen molar-refractivity contribution in [2.75, 3.05) is 20.3 Å². The fraction of sp³-hybridized carbons (Fsp3) is 0.273. The van der Waals surface area contributed by atoms with Crippen LogP contribution in [0.5, 0.6) is 0 Å². The van der Waals surface area contributed by atoms with Crippen molar-refractivity contribution < 1.29 is 9.57 Å². The van der Waals surface area contributed by atoms with Gasteiger partial charge in [0.15, 0.2) is 0 Å². The monoisotopic (exact) mass is 191 g/mol. The zero-order valence-electron chi connectivity index (χ0n) is 8.14. The SMILES string of the molecule is COCCOn1cc2ccccc2c1.